The van der Waals surface area contributed by atoms with Crippen LogP contribution in [0.25, 0.3) is 0 Å². The zero-order valence-corrected chi connectivity index (χ0v) is 11.6. The molecule has 0 unspecified atom stereocenters. The third-order valence-corrected chi connectivity index (χ3v) is 4.58. The smallest absolute Gasteiger partial charge is 0.335 e. The molecule has 0 atom stereocenters. The molecule has 0 saturated carbocycles. The van der Waals surface area contributed by atoms with Gasteiger partial charge in [-0.2, -0.15) is 17.4 Å². The van der Waals surface area contributed by atoms with Gasteiger partial charge in [-0.15, -0.1) is 0 Å². The van der Waals surface area contributed by atoms with Gasteiger partial charge in [0.05, 0.1) is 5.56 Å². The molecule has 1 aromatic carbocycles. The summed E-state index contributed by atoms with van der Waals surface area (Å²) in [5, 5.41) is 8.92. The van der Waals surface area contributed by atoms with Gasteiger partial charge in [0.2, 0.25) is 0 Å². The topological polar surface area (TPSA) is 86.7 Å². The van der Waals surface area contributed by atoms with Crippen molar-refractivity contribution in [3.63, 3.8) is 0 Å². The van der Waals surface area contributed by atoms with Gasteiger partial charge in [0.15, 0.2) is 0 Å². The monoisotopic (exact) mass is 284 g/mol. The Balaban J connectivity index is 2.23. The van der Waals surface area contributed by atoms with Crippen LogP contribution in [0.5, 0.6) is 0 Å². The fourth-order valence-corrected chi connectivity index (χ4v) is 3.40. The highest BCUT2D eigenvalue weighted by Gasteiger charge is 2.29. The highest BCUT2D eigenvalue weighted by molar-refractivity contribution is 7.87. The third-order valence-electron chi connectivity index (χ3n) is 2.87. The number of nitrogens with one attached hydrogen (secondary N) is 1. The molecule has 1 aliphatic heterocycles. The second kappa shape index (κ2) is 4.92. The van der Waals surface area contributed by atoms with E-state index in [-0.39, 0.29) is 24.7 Å². The molecule has 19 heavy (non-hydrogen) atoms. The van der Waals surface area contributed by atoms with Crippen LogP contribution in [0.2, 0.25) is 0 Å². The predicted octanol–water partition coefficient (Wildman–Crippen LogP) is 0.943. The van der Waals surface area contributed by atoms with Gasteiger partial charge in [-0.25, -0.2) is 4.79 Å². The second-order valence-corrected chi connectivity index (χ2v) is 6.54. The van der Waals surface area contributed by atoms with Gasteiger partial charge < -0.3 is 5.11 Å². The summed E-state index contributed by atoms with van der Waals surface area (Å²) >= 11 is 0. The molecule has 2 N–H and O–H groups in total. The zero-order chi connectivity index (χ0) is 14.2. The van der Waals surface area contributed by atoms with Crippen molar-refractivity contribution < 1.29 is 18.3 Å². The minimum absolute atomic E-state index is 0.176. The predicted molar refractivity (Wildman–Crippen MR) is 69.8 cm³/mol. The zero-order valence-electron chi connectivity index (χ0n) is 10.8. The van der Waals surface area contributed by atoms with Crippen LogP contribution >= 0.6 is 0 Å². The number of hydrogen-bond acceptors (Lipinski definition) is 3. The molecule has 0 spiro atoms. The number of benzene rings is 1. The molecular weight excluding hydrogens is 268 g/mol. The molecule has 104 valence electrons. The number of fused-ring (bicyclic) bond motifs is 1. The first-order chi connectivity index (χ1) is 8.79. The number of nitrogens with zero attached hydrogens (tertiary/aromatic N) is 1. The van der Waals surface area contributed by atoms with E-state index >= 15 is 0 Å². The summed E-state index contributed by atoms with van der Waals surface area (Å²) in [6, 6.07) is 4.52. The maximum absolute atomic E-state index is 12.0. The van der Waals surface area contributed by atoms with Crippen LogP contribution in [0, 0.1) is 0 Å². The molecular formula is C12H16N2O4S. The van der Waals surface area contributed by atoms with Crippen LogP contribution in [0.3, 0.4) is 0 Å². The molecule has 1 aromatic rings. The molecule has 0 amide bonds. The van der Waals surface area contributed by atoms with E-state index < -0.39 is 16.2 Å². The van der Waals surface area contributed by atoms with E-state index in [1.807, 2.05) is 0 Å². The Bertz CT molecular complexity index is 610. The lowest BCUT2D eigenvalue weighted by molar-refractivity contribution is 0.0696. The molecule has 0 bridgehead atoms. The van der Waals surface area contributed by atoms with Gasteiger partial charge in [-0.1, -0.05) is 6.07 Å². The fourth-order valence-electron chi connectivity index (χ4n) is 2.04. The van der Waals surface area contributed by atoms with Gasteiger partial charge in [0, 0.05) is 19.1 Å². The van der Waals surface area contributed by atoms with Crippen molar-refractivity contribution in [3.05, 3.63) is 34.9 Å². The van der Waals surface area contributed by atoms with E-state index in [9.17, 15) is 13.2 Å². The van der Waals surface area contributed by atoms with Gasteiger partial charge in [0.1, 0.15) is 0 Å². The van der Waals surface area contributed by atoms with Gasteiger partial charge >= 0.3 is 5.97 Å². The fraction of sp³-hybridized carbons (Fsp3) is 0.417. The Labute approximate surface area is 112 Å². The van der Waals surface area contributed by atoms with Crippen LogP contribution < -0.4 is 4.72 Å². The lowest BCUT2D eigenvalue weighted by atomic mass is 10.1. The van der Waals surface area contributed by atoms with Crippen molar-refractivity contribution in [3.8, 4) is 0 Å². The van der Waals surface area contributed by atoms with Crippen LogP contribution in [0.15, 0.2) is 18.2 Å². The maximum atomic E-state index is 12.0. The lowest BCUT2D eigenvalue weighted by Gasteiger charge is -2.18. The Morgan fingerprint density at radius 3 is 2.53 bits per heavy atom. The average molecular weight is 284 g/mol. The Hall–Kier alpha value is -1.44. The quantitative estimate of drug-likeness (QED) is 0.861. The minimum Gasteiger partial charge on any atom is -0.478 e. The summed E-state index contributed by atoms with van der Waals surface area (Å²) in [4.78, 5) is 10.9. The summed E-state index contributed by atoms with van der Waals surface area (Å²) in [5.74, 6) is -1.01. The number of carboxylic acid groups (broad SMARTS) is 1. The number of aromatic carboxylic acids is 1. The third kappa shape index (κ3) is 2.94. The largest absolute Gasteiger partial charge is 0.478 e. The van der Waals surface area contributed by atoms with Crippen molar-refractivity contribution in [2.45, 2.75) is 33.0 Å². The molecule has 2 rings (SSSR count). The first-order valence-electron chi connectivity index (χ1n) is 5.92. The normalized spacial score (nSPS) is 15.7. The summed E-state index contributed by atoms with van der Waals surface area (Å²) in [7, 11) is -3.52. The van der Waals surface area contributed by atoms with Crippen molar-refractivity contribution in [2.75, 3.05) is 0 Å². The first-order valence-corrected chi connectivity index (χ1v) is 7.36. The van der Waals surface area contributed by atoms with Crippen LogP contribution in [-0.2, 0) is 23.3 Å². The van der Waals surface area contributed by atoms with Gasteiger partial charge in [-0.3, -0.25) is 0 Å². The summed E-state index contributed by atoms with van der Waals surface area (Å²) in [6.45, 7) is 3.99. The lowest BCUT2D eigenvalue weighted by Crippen LogP contribution is -2.40. The van der Waals surface area contributed by atoms with Crippen LogP contribution in [-0.4, -0.2) is 29.8 Å². The van der Waals surface area contributed by atoms with Crippen molar-refractivity contribution in [1.29, 1.82) is 0 Å². The number of carboxylic acids is 1. The van der Waals surface area contributed by atoms with Gasteiger partial charge in [-0.05, 0) is 37.1 Å². The minimum atomic E-state index is -3.52. The number of rotatable bonds is 4. The molecule has 1 heterocycles. The molecule has 0 fully saturated rings. The molecule has 6 nitrogen and oxygen atoms in total. The molecule has 7 heteroatoms. The standard InChI is InChI=1S/C12H16N2O4S/c1-8(2)13-19(17,18)14-6-10-4-3-9(12(15)16)5-11(10)7-14/h3-5,8,13H,6-7H2,1-2H3,(H,15,16). The Morgan fingerprint density at radius 1 is 1.32 bits per heavy atom. The Kier molecular flexibility index (Phi) is 3.62. The van der Waals surface area contributed by atoms with Crippen molar-refractivity contribution >= 4 is 16.2 Å². The van der Waals surface area contributed by atoms with E-state index in [0.29, 0.717) is 0 Å². The van der Waals surface area contributed by atoms with Crippen LogP contribution in [0.4, 0.5) is 0 Å². The number of hydrogen-bond donors (Lipinski definition) is 2. The van der Waals surface area contributed by atoms with Crippen molar-refractivity contribution in [2.24, 2.45) is 0 Å². The Morgan fingerprint density at radius 2 is 1.95 bits per heavy atom. The van der Waals surface area contributed by atoms with Gasteiger partial charge in [0.25, 0.3) is 10.2 Å². The van der Waals surface area contributed by atoms with E-state index in [2.05, 4.69) is 4.72 Å². The molecule has 1 aliphatic rings. The number of carbonyl (C=O) groups is 1. The van der Waals surface area contributed by atoms with E-state index in [4.69, 9.17) is 5.11 Å². The second-order valence-electron chi connectivity index (χ2n) is 4.83. The molecule has 0 aliphatic carbocycles. The first kappa shape index (κ1) is 14.0. The highest BCUT2D eigenvalue weighted by atomic mass is 32.2. The van der Waals surface area contributed by atoms with E-state index in [0.717, 1.165) is 11.1 Å². The highest BCUT2D eigenvalue weighted by Crippen LogP contribution is 2.25. The van der Waals surface area contributed by atoms with E-state index in [1.165, 1.54) is 16.4 Å². The summed E-state index contributed by atoms with van der Waals surface area (Å²) in [6.07, 6.45) is 0. The average Bonchev–Trinajstić information content (AvgIpc) is 2.70. The summed E-state index contributed by atoms with van der Waals surface area (Å²) < 4.78 is 27.9. The maximum Gasteiger partial charge on any atom is 0.335 e. The van der Waals surface area contributed by atoms with Crippen LogP contribution in [0.1, 0.15) is 35.3 Å². The van der Waals surface area contributed by atoms with Crippen molar-refractivity contribution in [1.82, 2.24) is 9.03 Å². The van der Waals surface area contributed by atoms with E-state index in [1.54, 1.807) is 19.9 Å². The molecule has 0 aromatic heterocycles. The molecule has 0 radical (unpaired) electrons. The molecule has 0 saturated heterocycles. The SMILES string of the molecule is CC(C)NS(=O)(=O)N1Cc2ccc(C(=O)O)cc2C1. The summed E-state index contributed by atoms with van der Waals surface area (Å²) in [5.41, 5.74) is 1.77.